The number of carbonyl (C=O) groups is 2. The number of hydrogen-bond donors (Lipinski definition) is 2. The summed E-state index contributed by atoms with van der Waals surface area (Å²) in [4.78, 5) is 24.0. The minimum Gasteiger partial charge on any atom is -0.330 e. The first-order chi connectivity index (χ1) is 8.54. The summed E-state index contributed by atoms with van der Waals surface area (Å²) in [6.07, 6.45) is 1.78. The highest BCUT2D eigenvalue weighted by molar-refractivity contribution is 7.10. The average Bonchev–Trinajstić information content (AvgIpc) is 2.81. The molecule has 0 spiro atoms. The molecule has 1 heterocycles. The fourth-order valence-corrected chi connectivity index (χ4v) is 2.34. The van der Waals surface area contributed by atoms with Gasteiger partial charge in [-0.3, -0.25) is 10.1 Å². The molecular formula is C12H17ClN2O2S. The Morgan fingerprint density at radius 3 is 2.72 bits per heavy atom. The van der Waals surface area contributed by atoms with Crippen molar-refractivity contribution in [3.05, 3.63) is 22.4 Å². The summed E-state index contributed by atoms with van der Waals surface area (Å²) in [5, 5.41) is 6.24. The fraction of sp³-hybridized carbons (Fsp3) is 0.500. The summed E-state index contributed by atoms with van der Waals surface area (Å²) in [6, 6.07) is 3.35. The molecule has 0 aliphatic carbocycles. The van der Waals surface area contributed by atoms with Crippen molar-refractivity contribution in [3.8, 4) is 0 Å². The minimum absolute atomic E-state index is 0.0616. The van der Waals surface area contributed by atoms with Gasteiger partial charge in [-0.2, -0.15) is 0 Å². The molecule has 2 unspecified atom stereocenters. The van der Waals surface area contributed by atoms with E-state index in [0.29, 0.717) is 0 Å². The van der Waals surface area contributed by atoms with E-state index in [4.69, 9.17) is 11.6 Å². The molecular weight excluding hydrogens is 272 g/mol. The number of rotatable bonds is 5. The maximum atomic E-state index is 11.6. The van der Waals surface area contributed by atoms with Gasteiger partial charge in [0.15, 0.2) is 0 Å². The second kappa shape index (κ2) is 7.38. The number of hydrogen-bond acceptors (Lipinski definition) is 3. The molecule has 1 aromatic rings. The lowest BCUT2D eigenvalue weighted by Crippen LogP contribution is -2.43. The van der Waals surface area contributed by atoms with Gasteiger partial charge in [0.1, 0.15) is 5.38 Å². The number of thiophene rings is 1. The molecule has 1 aromatic heterocycles. The van der Waals surface area contributed by atoms with E-state index >= 15 is 0 Å². The summed E-state index contributed by atoms with van der Waals surface area (Å²) >= 11 is 7.16. The fourth-order valence-electron chi connectivity index (χ4n) is 1.47. The molecule has 0 aliphatic rings. The molecule has 0 saturated carbocycles. The van der Waals surface area contributed by atoms with E-state index in [0.717, 1.165) is 17.7 Å². The monoisotopic (exact) mass is 288 g/mol. The number of nitrogens with one attached hydrogen (secondary N) is 2. The molecule has 0 aromatic carbocycles. The van der Waals surface area contributed by atoms with Crippen molar-refractivity contribution in [2.45, 2.75) is 38.1 Å². The Morgan fingerprint density at radius 2 is 2.22 bits per heavy atom. The maximum absolute atomic E-state index is 11.6. The Balaban J connectivity index is 2.56. The molecule has 4 nitrogen and oxygen atoms in total. The van der Waals surface area contributed by atoms with E-state index in [-0.39, 0.29) is 6.04 Å². The smallest absolute Gasteiger partial charge is 0.321 e. The van der Waals surface area contributed by atoms with Gasteiger partial charge in [0.25, 0.3) is 0 Å². The van der Waals surface area contributed by atoms with Gasteiger partial charge in [-0.1, -0.05) is 19.4 Å². The van der Waals surface area contributed by atoms with Crippen LogP contribution in [0.1, 0.15) is 37.6 Å². The molecule has 3 amide bonds. The summed E-state index contributed by atoms with van der Waals surface area (Å²) in [7, 11) is 0. The first-order valence-electron chi connectivity index (χ1n) is 5.83. The Labute approximate surface area is 116 Å². The molecule has 0 saturated heterocycles. The standard InChI is InChI=1S/C12H17ClN2O2S/c1-3-5-9(10-6-4-7-18-10)14-12(17)15-11(16)8(2)13/h4,6-9H,3,5H2,1-2H3,(H2,14,15,16,17). The van der Waals surface area contributed by atoms with Gasteiger partial charge in [0, 0.05) is 4.88 Å². The summed E-state index contributed by atoms with van der Waals surface area (Å²) in [5.41, 5.74) is 0. The zero-order chi connectivity index (χ0) is 13.5. The second-order valence-corrected chi connectivity index (χ2v) is 5.57. The van der Waals surface area contributed by atoms with Crippen molar-refractivity contribution in [1.29, 1.82) is 0 Å². The SMILES string of the molecule is CCCC(NC(=O)NC(=O)C(C)Cl)c1cccs1. The lowest BCUT2D eigenvalue weighted by Gasteiger charge is -2.17. The largest absolute Gasteiger partial charge is 0.330 e. The van der Waals surface area contributed by atoms with Crippen molar-refractivity contribution in [1.82, 2.24) is 10.6 Å². The number of alkyl halides is 1. The highest BCUT2D eigenvalue weighted by atomic mass is 35.5. The van der Waals surface area contributed by atoms with E-state index < -0.39 is 17.3 Å². The van der Waals surface area contributed by atoms with E-state index in [1.54, 1.807) is 11.3 Å². The Morgan fingerprint density at radius 1 is 1.50 bits per heavy atom. The molecule has 18 heavy (non-hydrogen) atoms. The van der Waals surface area contributed by atoms with Gasteiger partial charge < -0.3 is 5.32 Å². The zero-order valence-electron chi connectivity index (χ0n) is 10.4. The topological polar surface area (TPSA) is 58.2 Å². The van der Waals surface area contributed by atoms with Crippen LogP contribution in [-0.2, 0) is 4.79 Å². The Bertz CT molecular complexity index is 393. The summed E-state index contributed by atoms with van der Waals surface area (Å²) in [5.74, 6) is -0.490. The third kappa shape index (κ3) is 4.66. The van der Waals surface area contributed by atoms with Crippen molar-refractivity contribution < 1.29 is 9.59 Å². The van der Waals surface area contributed by atoms with Crippen LogP contribution >= 0.6 is 22.9 Å². The normalized spacial score (nSPS) is 13.7. The molecule has 0 bridgehead atoms. The van der Waals surface area contributed by atoms with Gasteiger partial charge in [-0.25, -0.2) is 4.79 Å². The number of urea groups is 1. The van der Waals surface area contributed by atoms with Gasteiger partial charge in [-0.15, -0.1) is 22.9 Å². The molecule has 0 aliphatic heterocycles. The molecule has 1 rings (SSSR count). The summed E-state index contributed by atoms with van der Waals surface area (Å²) in [6.45, 7) is 3.57. The van der Waals surface area contributed by atoms with Crippen LogP contribution in [0.5, 0.6) is 0 Å². The van der Waals surface area contributed by atoms with Crippen molar-refractivity contribution in [2.24, 2.45) is 0 Å². The van der Waals surface area contributed by atoms with Gasteiger partial charge in [-0.05, 0) is 24.8 Å². The minimum atomic E-state index is -0.720. The Kier molecular flexibility index (Phi) is 6.15. The average molecular weight is 289 g/mol. The third-order valence-corrected chi connectivity index (χ3v) is 3.55. The van der Waals surface area contributed by atoms with Crippen LogP contribution in [0.2, 0.25) is 0 Å². The predicted octanol–water partition coefficient (Wildman–Crippen LogP) is 3.04. The van der Waals surface area contributed by atoms with E-state index in [1.807, 2.05) is 24.4 Å². The first kappa shape index (κ1) is 15.0. The molecule has 100 valence electrons. The Hall–Kier alpha value is -1.07. The van der Waals surface area contributed by atoms with Crippen LogP contribution in [0.15, 0.2) is 17.5 Å². The zero-order valence-corrected chi connectivity index (χ0v) is 12.0. The van der Waals surface area contributed by atoms with Gasteiger partial charge in [0.05, 0.1) is 6.04 Å². The summed E-state index contributed by atoms with van der Waals surface area (Å²) < 4.78 is 0. The van der Waals surface area contributed by atoms with Gasteiger partial charge >= 0.3 is 6.03 Å². The van der Waals surface area contributed by atoms with Crippen LogP contribution < -0.4 is 10.6 Å². The van der Waals surface area contributed by atoms with Crippen molar-refractivity contribution in [3.63, 3.8) is 0 Å². The lowest BCUT2D eigenvalue weighted by atomic mass is 10.1. The maximum Gasteiger partial charge on any atom is 0.321 e. The van der Waals surface area contributed by atoms with Crippen LogP contribution in [0, 0.1) is 0 Å². The first-order valence-corrected chi connectivity index (χ1v) is 7.15. The predicted molar refractivity (Wildman–Crippen MR) is 74.0 cm³/mol. The number of halogens is 1. The van der Waals surface area contributed by atoms with E-state index in [1.165, 1.54) is 6.92 Å². The number of amides is 3. The van der Waals surface area contributed by atoms with Crippen LogP contribution in [0.3, 0.4) is 0 Å². The van der Waals surface area contributed by atoms with Crippen LogP contribution in [0.25, 0.3) is 0 Å². The van der Waals surface area contributed by atoms with Crippen LogP contribution in [0.4, 0.5) is 4.79 Å². The molecule has 6 heteroatoms. The third-order valence-electron chi connectivity index (χ3n) is 2.37. The lowest BCUT2D eigenvalue weighted by molar-refractivity contribution is -0.119. The molecule has 0 fully saturated rings. The highest BCUT2D eigenvalue weighted by Crippen LogP contribution is 2.22. The van der Waals surface area contributed by atoms with Gasteiger partial charge in [0.2, 0.25) is 5.91 Å². The second-order valence-electron chi connectivity index (χ2n) is 3.94. The number of imide groups is 1. The van der Waals surface area contributed by atoms with Crippen LogP contribution in [-0.4, -0.2) is 17.3 Å². The number of carbonyl (C=O) groups excluding carboxylic acids is 2. The highest BCUT2D eigenvalue weighted by Gasteiger charge is 2.17. The molecule has 0 radical (unpaired) electrons. The van der Waals surface area contributed by atoms with E-state index in [2.05, 4.69) is 10.6 Å². The van der Waals surface area contributed by atoms with Crippen molar-refractivity contribution >= 4 is 34.9 Å². The molecule has 2 N–H and O–H groups in total. The quantitative estimate of drug-likeness (QED) is 0.818. The van der Waals surface area contributed by atoms with E-state index in [9.17, 15) is 9.59 Å². The van der Waals surface area contributed by atoms with Crippen molar-refractivity contribution in [2.75, 3.05) is 0 Å². The molecule has 2 atom stereocenters.